The molecule has 1 aromatic heterocycles. The fourth-order valence-corrected chi connectivity index (χ4v) is 4.01. The summed E-state index contributed by atoms with van der Waals surface area (Å²) in [5.74, 6) is 0.568. The van der Waals surface area contributed by atoms with Gasteiger partial charge in [0.25, 0.3) is 0 Å². The summed E-state index contributed by atoms with van der Waals surface area (Å²) in [5, 5.41) is 9.35. The van der Waals surface area contributed by atoms with E-state index in [1.807, 2.05) is 42.5 Å². The van der Waals surface area contributed by atoms with Crippen LogP contribution in [0, 0.1) is 11.3 Å². The molecule has 4 nitrogen and oxygen atoms in total. The van der Waals surface area contributed by atoms with Crippen molar-refractivity contribution >= 4 is 12.0 Å². The Bertz CT molecular complexity index is 876. The van der Waals surface area contributed by atoms with Crippen LogP contribution in [0.3, 0.4) is 0 Å². The van der Waals surface area contributed by atoms with Crippen LogP contribution in [-0.2, 0) is 9.53 Å². The van der Waals surface area contributed by atoms with Gasteiger partial charge in [-0.1, -0.05) is 121 Å². The summed E-state index contributed by atoms with van der Waals surface area (Å²) >= 11 is 0. The van der Waals surface area contributed by atoms with Gasteiger partial charge in [-0.05, 0) is 18.6 Å². The standard InChI is InChI=1S/C30H41NO3/c1-2-3-4-5-6-7-8-9-10-11-12-13-14-18-23-33-30(32)27(25-31)24-28-21-22-29(34-28)26-19-16-15-17-20-26/h15-17,19-22,24H,2-14,18,23H2,1H3/b27-24-. The van der Waals surface area contributed by atoms with Crippen molar-refractivity contribution in [2.45, 2.75) is 96.8 Å². The monoisotopic (exact) mass is 463 g/mol. The molecule has 0 aliphatic rings. The first-order valence-electron chi connectivity index (χ1n) is 13.2. The molecule has 184 valence electrons. The lowest BCUT2D eigenvalue weighted by Crippen LogP contribution is -2.07. The van der Waals surface area contributed by atoms with E-state index < -0.39 is 5.97 Å². The van der Waals surface area contributed by atoms with E-state index in [1.54, 1.807) is 6.07 Å². The highest BCUT2D eigenvalue weighted by Crippen LogP contribution is 2.23. The van der Waals surface area contributed by atoms with Gasteiger partial charge in [-0.15, -0.1) is 0 Å². The van der Waals surface area contributed by atoms with Crippen molar-refractivity contribution in [3.05, 3.63) is 53.8 Å². The fraction of sp³-hybridized carbons (Fsp3) is 0.533. The van der Waals surface area contributed by atoms with Crippen LogP contribution in [0.15, 0.2) is 52.5 Å². The van der Waals surface area contributed by atoms with E-state index in [9.17, 15) is 10.1 Å². The van der Waals surface area contributed by atoms with Crippen LogP contribution in [0.5, 0.6) is 0 Å². The number of rotatable bonds is 18. The van der Waals surface area contributed by atoms with E-state index in [0.29, 0.717) is 18.1 Å². The van der Waals surface area contributed by atoms with Gasteiger partial charge in [0.05, 0.1) is 6.61 Å². The van der Waals surface area contributed by atoms with E-state index in [0.717, 1.165) is 18.4 Å². The summed E-state index contributed by atoms with van der Waals surface area (Å²) in [6, 6.07) is 15.2. The van der Waals surface area contributed by atoms with Gasteiger partial charge < -0.3 is 9.15 Å². The maximum Gasteiger partial charge on any atom is 0.349 e. The minimum Gasteiger partial charge on any atom is -0.462 e. The number of benzene rings is 1. The summed E-state index contributed by atoms with van der Waals surface area (Å²) in [6.07, 6.45) is 19.4. The van der Waals surface area contributed by atoms with Gasteiger partial charge in [0.2, 0.25) is 0 Å². The van der Waals surface area contributed by atoms with Crippen LogP contribution in [0.1, 0.15) is 103 Å². The maximum absolute atomic E-state index is 12.2. The number of furan rings is 1. The van der Waals surface area contributed by atoms with Crippen molar-refractivity contribution in [2.24, 2.45) is 0 Å². The maximum atomic E-state index is 12.2. The Labute approximate surface area is 206 Å². The Morgan fingerprint density at radius 1 is 0.824 bits per heavy atom. The van der Waals surface area contributed by atoms with Gasteiger partial charge in [-0.2, -0.15) is 5.26 Å². The Balaban J connectivity index is 1.53. The normalized spacial score (nSPS) is 11.4. The van der Waals surface area contributed by atoms with Crippen molar-refractivity contribution in [3.8, 4) is 17.4 Å². The zero-order valence-corrected chi connectivity index (χ0v) is 20.9. The number of carbonyl (C=O) groups excluding carboxylic acids is 1. The Kier molecular flexibility index (Phi) is 14.2. The van der Waals surface area contributed by atoms with E-state index in [-0.39, 0.29) is 5.57 Å². The minimum atomic E-state index is -0.588. The highest BCUT2D eigenvalue weighted by atomic mass is 16.5. The van der Waals surface area contributed by atoms with E-state index in [1.165, 1.54) is 83.1 Å². The molecule has 34 heavy (non-hydrogen) atoms. The third-order valence-electron chi connectivity index (χ3n) is 6.04. The first-order chi connectivity index (χ1) is 16.7. The third kappa shape index (κ3) is 11.4. The summed E-state index contributed by atoms with van der Waals surface area (Å²) < 4.78 is 11.0. The zero-order valence-electron chi connectivity index (χ0n) is 20.9. The van der Waals surface area contributed by atoms with Crippen molar-refractivity contribution in [1.82, 2.24) is 0 Å². The molecule has 0 aliphatic heterocycles. The molecule has 0 bridgehead atoms. The van der Waals surface area contributed by atoms with E-state index >= 15 is 0 Å². The predicted molar refractivity (Wildman–Crippen MR) is 139 cm³/mol. The van der Waals surface area contributed by atoms with E-state index in [2.05, 4.69) is 6.92 Å². The second-order valence-electron chi connectivity index (χ2n) is 8.97. The lowest BCUT2D eigenvalue weighted by atomic mass is 10.0. The highest BCUT2D eigenvalue weighted by molar-refractivity contribution is 5.97. The van der Waals surface area contributed by atoms with Gasteiger partial charge >= 0.3 is 5.97 Å². The number of carbonyl (C=O) groups is 1. The molecule has 0 fully saturated rings. The third-order valence-corrected chi connectivity index (χ3v) is 6.04. The molecule has 1 heterocycles. The molecular weight excluding hydrogens is 422 g/mol. The fourth-order valence-electron chi connectivity index (χ4n) is 4.01. The predicted octanol–water partition coefficient (Wildman–Crippen LogP) is 8.88. The largest absolute Gasteiger partial charge is 0.462 e. The SMILES string of the molecule is CCCCCCCCCCCCCCCCOC(=O)/C(C#N)=C\c1ccc(-c2ccccc2)o1. The molecule has 0 atom stereocenters. The first-order valence-corrected chi connectivity index (χ1v) is 13.2. The van der Waals surface area contributed by atoms with Crippen LogP contribution in [0.25, 0.3) is 17.4 Å². The Morgan fingerprint density at radius 3 is 1.94 bits per heavy atom. The minimum absolute atomic E-state index is 0.0423. The Morgan fingerprint density at radius 2 is 1.38 bits per heavy atom. The molecule has 2 rings (SSSR count). The lowest BCUT2D eigenvalue weighted by Gasteiger charge is -2.05. The molecular formula is C30H41NO3. The van der Waals surface area contributed by atoms with Crippen molar-refractivity contribution in [3.63, 3.8) is 0 Å². The number of esters is 1. The number of unbranched alkanes of at least 4 members (excludes halogenated alkanes) is 13. The molecule has 0 N–H and O–H groups in total. The average molecular weight is 464 g/mol. The van der Waals surface area contributed by atoms with Crippen LogP contribution in [0.4, 0.5) is 0 Å². The van der Waals surface area contributed by atoms with Gasteiger partial charge in [0.15, 0.2) is 0 Å². The van der Waals surface area contributed by atoms with Crippen molar-refractivity contribution in [1.29, 1.82) is 5.26 Å². The lowest BCUT2D eigenvalue weighted by molar-refractivity contribution is -0.138. The number of hydrogen-bond acceptors (Lipinski definition) is 4. The molecule has 1 aromatic carbocycles. The van der Waals surface area contributed by atoms with Gasteiger partial charge in [-0.3, -0.25) is 0 Å². The number of ether oxygens (including phenoxy) is 1. The van der Waals surface area contributed by atoms with Crippen molar-refractivity contribution < 1.29 is 13.9 Å². The molecule has 4 heteroatoms. The summed E-state index contributed by atoms with van der Waals surface area (Å²) in [7, 11) is 0. The highest BCUT2D eigenvalue weighted by Gasteiger charge is 2.12. The van der Waals surface area contributed by atoms with Crippen LogP contribution in [0.2, 0.25) is 0 Å². The number of nitriles is 1. The second kappa shape index (κ2) is 17.6. The summed E-state index contributed by atoms with van der Waals surface area (Å²) in [4.78, 5) is 12.2. The van der Waals surface area contributed by atoms with Crippen LogP contribution >= 0.6 is 0 Å². The molecule has 0 saturated carbocycles. The van der Waals surface area contributed by atoms with E-state index in [4.69, 9.17) is 9.15 Å². The molecule has 0 amide bonds. The summed E-state index contributed by atoms with van der Waals surface area (Å²) in [5.41, 5.74) is 0.903. The van der Waals surface area contributed by atoms with Crippen LogP contribution in [-0.4, -0.2) is 12.6 Å². The molecule has 2 aromatic rings. The Hall–Kier alpha value is -2.80. The molecule has 0 unspecified atom stereocenters. The second-order valence-corrected chi connectivity index (χ2v) is 8.97. The molecule has 0 radical (unpaired) electrons. The quantitative estimate of drug-likeness (QED) is 0.0958. The number of hydrogen-bond donors (Lipinski definition) is 0. The van der Waals surface area contributed by atoms with Crippen molar-refractivity contribution in [2.75, 3.05) is 6.61 Å². The average Bonchev–Trinajstić information content (AvgIpc) is 3.34. The zero-order chi connectivity index (χ0) is 24.3. The molecule has 0 spiro atoms. The van der Waals surface area contributed by atoms with Gasteiger partial charge in [0, 0.05) is 11.6 Å². The summed E-state index contributed by atoms with van der Waals surface area (Å²) in [6.45, 7) is 2.61. The molecule has 0 aliphatic carbocycles. The first kappa shape index (κ1) is 27.4. The van der Waals surface area contributed by atoms with Crippen LogP contribution < -0.4 is 0 Å². The van der Waals surface area contributed by atoms with Gasteiger partial charge in [-0.25, -0.2) is 4.79 Å². The number of nitrogens with zero attached hydrogens (tertiary/aromatic N) is 1. The smallest absolute Gasteiger partial charge is 0.349 e. The van der Waals surface area contributed by atoms with Gasteiger partial charge in [0.1, 0.15) is 23.2 Å². The topological polar surface area (TPSA) is 63.2 Å². The molecule has 0 saturated heterocycles.